The van der Waals surface area contributed by atoms with Gasteiger partial charge < -0.3 is 41.1 Å². The highest BCUT2D eigenvalue weighted by Crippen LogP contribution is 2.24. The number of amides is 6. The van der Waals surface area contributed by atoms with Gasteiger partial charge in [-0.05, 0) is 38.2 Å². The first-order chi connectivity index (χ1) is 21.6. The Morgan fingerprint density at radius 2 is 1.36 bits per heavy atom. The van der Waals surface area contributed by atoms with Crippen molar-refractivity contribution in [3.05, 3.63) is 23.9 Å². The Balaban J connectivity index is 1.51. The Labute approximate surface area is 263 Å². The van der Waals surface area contributed by atoms with E-state index >= 15 is 0 Å². The lowest BCUT2D eigenvalue weighted by molar-refractivity contribution is -0.141. The summed E-state index contributed by atoms with van der Waals surface area (Å²) in [5.74, 6) is -2.86. The first kappa shape index (κ1) is 36.9. The van der Waals surface area contributed by atoms with Gasteiger partial charge in [-0.3, -0.25) is 33.6 Å². The lowest BCUT2D eigenvalue weighted by atomic mass is 10.00. The maximum Gasteiger partial charge on any atom is 0.325 e. The molecule has 250 valence electrons. The van der Waals surface area contributed by atoms with Gasteiger partial charge in [0.05, 0.1) is 26.7 Å². The quantitative estimate of drug-likeness (QED) is 0.116. The first-order valence-corrected chi connectivity index (χ1v) is 15.4. The summed E-state index contributed by atoms with van der Waals surface area (Å²) in [6, 6.07) is 0.181. The van der Waals surface area contributed by atoms with E-state index in [-0.39, 0.29) is 50.3 Å². The molecule has 1 aliphatic heterocycles. The number of esters is 1. The van der Waals surface area contributed by atoms with Crippen molar-refractivity contribution in [1.82, 2.24) is 36.4 Å². The number of allylic oxidation sites excluding steroid dienone is 3. The van der Waals surface area contributed by atoms with Crippen LogP contribution >= 0.6 is 0 Å². The molecule has 0 aromatic rings. The smallest absolute Gasteiger partial charge is 0.325 e. The predicted octanol–water partition coefficient (Wildman–Crippen LogP) is -1.15. The van der Waals surface area contributed by atoms with Crippen LogP contribution < -0.4 is 26.6 Å². The zero-order valence-corrected chi connectivity index (χ0v) is 26.3. The number of likely N-dealkylation sites (tertiary alicyclic amines) is 1. The highest BCUT2D eigenvalue weighted by molar-refractivity contribution is 5.90. The van der Waals surface area contributed by atoms with E-state index in [4.69, 9.17) is 0 Å². The third-order valence-corrected chi connectivity index (χ3v) is 7.30. The Hall–Kier alpha value is -4.27. The molecular weight excluding hydrogens is 586 g/mol. The van der Waals surface area contributed by atoms with Crippen molar-refractivity contribution in [3.63, 3.8) is 0 Å². The molecule has 15 nitrogen and oxygen atoms in total. The summed E-state index contributed by atoms with van der Waals surface area (Å²) in [6.45, 7) is 3.34. The van der Waals surface area contributed by atoms with Crippen LogP contribution in [0.15, 0.2) is 23.9 Å². The molecule has 2 rings (SSSR count). The number of methoxy groups -OCH3 is 1. The van der Waals surface area contributed by atoms with E-state index < -0.39 is 36.1 Å². The molecule has 0 aromatic carbocycles. The monoisotopic (exact) mass is 633 g/mol. The molecule has 6 amide bonds. The standard InChI is InChI=1S/C30H47N7O8/c1-3-29(43)37(22-8-5-4-6-9-22)23-12-15-36(16-13-23)17-14-31-24(38)10-7-11-25(39)32-18-26(40)33-19-27(41)34-20-28(42)35-21-30(44)45-2/h5,8-9,23H,3-4,6-7,10-21H2,1-2H3,(H,31,38)(H,32,39)(H,33,40)(H,34,41)(H,35,42). The number of piperidine rings is 1. The molecule has 15 heteroatoms. The summed E-state index contributed by atoms with van der Waals surface area (Å²) in [7, 11) is 1.18. The molecule has 0 radical (unpaired) electrons. The van der Waals surface area contributed by atoms with Crippen LogP contribution in [0.1, 0.15) is 58.3 Å². The Morgan fingerprint density at radius 1 is 0.800 bits per heavy atom. The second-order valence-corrected chi connectivity index (χ2v) is 10.7. The summed E-state index contributed by atoms with van der Waals surface area (Å²) in [4.78, 5) is 87.2. The number of rotatable bonds is 18. The summed E-state index contributed by atoms with van der Waals surface area (Å²) < 4.78 is 4.38. The van der Waals surface area contributed by atoms with Crippen LogP contribution in [0.5, 0.6) is 0 Å². The van der Waals surface area contributed by atoms with Gasteiger partial charge in [0, 0.05) is 57.2 Å². The molecule has 0 spiro atoms. The number of carbonyl (C=O) groups is 7. The highest BCUT2D eigenvalue weighted by atomic mass is 16.5. The highest BCUT2D eigenvalue weighted by Gasteiger charge is 2.29. The second-order valence-electron chi connectivity index (χ2n) is 10.7. The zero-order valence-electron chi connectivity index (χ0n) is 26.3. The number of nitrogens with zero attached hydrogens (tertiary/aromatic N) is 2. The van der Waals surface area contributed by atoms with Crippen LogP contribution in [0.3, 0.4) is 0 Å². The minimum Gasteiger partial charge on any atom is -0.468 e. The molecular formula is C30H47N7O8. The maximum absolute atomic E-state index is 12.7. The molecule has 45 heavy (non-hydrogen) atoms. The Morgan fingerprint density at radius 3 is 1.89 bits per heavy atom. The molecule has 1 saturated heterocycles. The number of hydrogen-bond donors (Lipinski definition) is 5. The molecule has 0 atom stereocenters. The van der Waals surface area contributed by atoms with Crippen LogP contribution in [0.25, 0.3) is 0 Å². The molecule has 0 saturated carbocycles. The lowest BCUT2D eigenvalue weighted by Gasteiger charge is -2.39. The van der Waals surface area contributed by atoms with Gasteiger partial charge in [0.1, 0.15) is 6.54 Å². The van der Waals surface area contributed by atoms with Crippen LogP contribution in [0.2, 0.25) is 0 Å². The first-order valence-electron chi connectivity index (χ1n) is 15.4. The van der Waals surface area contributed by atoms with E-state index in [1.54, 1.807) is 0 Å². The third kappa shape index (κ3) is 14.8. The van der Waals surface area contributed by atoms with Crippen LogP contribution in [0, 0.1) is 0 Å². The zero-order chi connectivity index (χ0) is 33.0. The number of ether oxygens (including phenoxy) is 1. The van der Waals surface area contributed by atoms with Crippen LogP contribution in [-0.4, -0.2) is 117 Å². The van der Waals surface area contributed by atoms with Gasteiger partial charge in [0.25, 0.3) is 0 Å². The summed E-state index contributed by atoms with van der Waals surface area (Å²) in [5, 5.41) is 12.2. The SMILES string of the molecule is CCC(=O)N(C1=CCCC=C1)C1CCN(CCNC(=O)CCCC(=O)NCC(=O)NCC(=O)NCC(=O)NCC(=O)OC)CC1. The van der Waals surface area contributed by atoms with Crippen molar-refractivity contribution in [2.45, 2.75) is 64.3 Å². The molecule has 1 fully saturated rings. The van der Waals surface area contributed by atoms with Crippen molar-refractivity contribution in [1.29, 1.82) is 0 Å². The second kappa shape index (κ2) is 20.6. The average Bonchev–Trinajstić information content (AvgIpc) is 3.05. The van der Waals surface area contributed by atoms with Crippen LogP contribution in [-0.2, 0) is 38.3 Å². The third-order valence-electron chi connectivity index (χ3n) is 7.30. The minimum atomic E-state index is -0.633. The fourth-order valence-corrected chi connectivity index (χ4v) is 4.81. The van der Waals surface area contributed by atoms with Gasteiger partial charge in [-0.1, -0.05) is 19.1 Å². The van der Waals surface area contributed by atoms with Crippen LogP contribution in [0.4, 0.5) is 0 Å². The van der Waals surface area contributed by atoms with E-state index in [2.05, 4.69) is 54.4 Å². The molecule has 2 aliphatic rings. The largest absolute Gasteiger partial charge is 0.468 e. The molecule has 0 unspecified atom stereocenters. The average molecular weight is 634 g/mol. The van der Waals surface area contributed by atoms with Gasteiger partial charge in [0.2, 0.25) is 35.4 Å². The Bertz CT molecular complexity index is 1120. The van der Waals surface area contributed by atoms with E-state index in [0.717, 1.165) is 44.5 Å². The lowest BCUT2D eigenvalue weighted by Crippen LogP contribution is -2.48. The fourth-order valence-electron chi connectivity index (χ4n) is 4.81. The fraction of sp³-hybridized carbons (Fsp3) is 0.633. The minimum absolute atomic E-state index is 0.0635. The summed E-state index contributed by atoms with van der Waals surface area (Å²) in [5.41, 5.74) is 1.01. The van der Waals surface area contributed by atoms with Gasteiger partial charge in [-0.25, -0.2) is 0 Å². The van der Waals surface area contributed by atoms with Crippen molar-refractivity contribution in [3.8, 4) is 0 Å². The van der Waals surface area contributed by atoms with Crippen molar-refractivity contribution in [2.75, 3.05) is 59.5 Å². The number of nitrogens with one attached hydrogen (secondary N) is 5. The molecule has 5 N–H and O–H groups in total. The van der Waals surface area contributed by atoms with Gasteiger partial charge >= 0.3 is 5.97 Å². The van der Waals surface area contributed by atoms with Gasteiger partial charge in [0.15, 0.2) is 0 Å². The summed E-state index contributed by atoms with van der Waals surface area (Å²) >= 11 is 0. The van der Waals surface area contributed by atoms with E-state index in [1.807, 2.05) is 11.8 Å². The topological polar surface area (TPSA) is 195 Å². The van der Waals surface area contributed by atoms with Crippen molar-refractivity contribution < 1.29 is 38.3 Å². The molecule has 0 aromatic heterocycles. The van der Waals surface area contributed by atoms with Gasteiger partial charge in [-0.15, -0.1) is 0 Å². The molecule has 1 heterocycles. The van der Waals surface area contributed by atoms with E-state index in [0.29, 0.717) is 25.9 Å². The maximum atomic E-state index is 12.7. The Kier molecular flexibility index (Phi) is 16.9. The summed E-state index contributed by atoms with van der Waals surface area (Å²) in [6.07, 6.45) is 11.1. The number of hydrogen-bond acceptors (Lipinski definition) is 9. The van der Waals surface area contributed by atoms with Crippen molar-refractivity contribution >= 4 is 41.4 Å². The molecule has 1 aliphatic carbocycles. The normalized spacial score (nSPS) is 14.8. The predicted molar refractivity (Wildman–Crippen MR) is 164 cm³/mol. The van der Waals surface area contributed by atoms with E-state index in [1.165, 1.54) is 7.11 Å². The van der Waals surface area contributed by atoms with Gasteiger partial charge in [-0.2, -0.15) is 0 Å². The van der Waals surface area contributed by atoms with Crippen molar-refractivity contribution in [2.24, 2.45) is 0 Å². The number of carbonyl (C=O) groups excluding carboxylic acids is 7. The van der Waals surface area contributed by atoms with E-state index in [9.17, 15) is 33.6 Å². The molecule has 0 bridgehead atoms.